The van der Waals surface area contributed by atoms with Crippen molar-refractivity contribution in [3.63, 3.8) is 0 Å². The summed E-state index contributed by atoms with van der Waals surface area (Å²) in [6, 6.07) is 10.9. The fourth-order valence-electron chi connectivity index (χ4n) is 3.45. The summed E-state index contributed by atoms with van der Waals surface area (Å²) in [4.78, 5) is 4.44. The molecule has 2 heterocycles. The monoisotopic (exact) mass is 497 g/mol. The average molecular weight is 498 g/mol. The minimum atomic E-state index is 0.340. The van der Waals surface area contributed by atoms with Crippen molar-refractivity contribution >= 4 is 45.5 Å². The van der Waals surface area contributed by atoms with Crippen molar-refractivity contribution in [1.29, 1.82) is 5.26 Å². The predicted molar refractivity (Wildman–Crippen MR) is 132 cm³/mol. The normalized spacial score (nSPS) is 10.7. The molecule has 0 spiro atoms. The van der Waals surface area contributed by atoms with E-state index in [2.05, 4.69) is 21.5 Å². The number of anilines is 2. The van der Waals surface area contributed by atoms with Crippen LogP contribution in [0.2, 0.25) is 10.0 Å². The van der Waals surface area contributed by atoms with Gasteiger partial charge in [-0.15, -0.1) is 0 Å². The Morgan fingerprint density at radius 3 is 2.59 bits per heavy atom. The molecule has 34 heavy (non-hydrogen) atoms. The Morgan fingerprint density at radius 2 is 1.88 bits per heavy atom. The maximum atomic E-state index is 9.70. The maximum absolute atomic E-state index is 9.70. The lowest BCUT2D eigenvalue weighted by Gasteiger charge is -2.16. The lowest BCUT2D eigenvalue weighted by Crippen LogP contribution is -2.06. The van der Waals surface area contributed by atoms with Crippen molar-refractivity contribution in [3.05, 3.63) is 64.5 Å². The van der Waals surface area contributed by atoms with Gasteiger partial charge in [-0.05, 0) is 18.2 Å². The molecule has 0 saturated carbocycles. The van der Waals surface area contributed by atoms with Gasteiger partial charge in [0.05, 0.1) is 53.3 Å². The number of aryl methyl sites for hydroxylation is 1. The summed E-state index contributed by atoms with van der Waals surface area (Å²) in [7, 11) is 3.08. The van der Waals surface area contributed by atoms with Gasteiger partial charge in [0.2, 0.25) is 0 Å². The third-order valence-corrected chi connectivity index (χ3v) is 5.73. The highest BCUT2D eigenvalue weighted by Crippen LogP contribution is 2.40. The number of halogens is 2. The molecule has 0 bridgehead atoms. The Hall–Kier alpha value is -3.67. The second-order valence-electron chi connectivity index (χ2n) is 7.24. The number of benzene rings is 2. The molecule has 0 unspecified atom stereocenters. The summed E-state index contributed by atoms with van der Waals surface area (Å²) in [5.74, 6) is 1.53. The van der Waals surface area contributed by atoms with Gasteiger partial charge in [0.15, 0.2) is 11.5 Å². The number of ether oxygens (including phenoxy) is 3. The Kier molecular flexibility index (Phi) is 7.26. The second-order valence-corrected chi connectivity index (χ2v) is 8.06. The van der Waals surface area contributed by atoms with Crippen molar-refractivity contribution in [2.45, 2.75) is 13.0 Å². The number of rotatable bonds is 9. The van der Waals surface area contributed by atoms with Crippen LogP contribution in [-0.4, -0.2) is 35.6 Å². The molecule has 10 heteroatoms. The van der Waals surface area contributed by atoms with E-state index in [1.54, 1.807) is 37.6 Å². The van der Waals surface area contributed by atoms with E-state index in [9.17, 15) is 5.26 Å². The van der Waals surface area contributed by atoms with E-state index in [1.165, 1.54) is 13.3 Å². The first kappa shape index (κ1) is 23.5. The zero-order valence-electron chi connectivity index (χ0n) is 18.5. The molecule has 2 aromatic heterocycles. The van der Waals surface area contributed by atoms with Gasteiger partial charge in [0.25, 0.3) is 0 Å². The third-order valence-electron chi connectivity index (χ3n) is 5.12. The number of nitriles is 1. The smallest absolute Gasteiger partial charge is 0.163 e. The quantitative estimate of drug-likeness (QED) is 0.290. The van der Waals surface area contributed by atoms with Crippen LogP contribution in [0.15, 0.2) is 48.9 Å². The number of hydrogen-bond acceptors (Lipinski definition) is 7. The zero-order chi connectivity index (χ0) is 24.1. The van der Waals surface area contributed by atoms with E-state index in [-0.39, 0.29) is 0 Å². The summed E-state index contributed by atoms with van der Waals surface area (Å²) in [5, 5.41) is 18.6. The molecule has 8 nitrogen and oxygen atoms in total. The molecule has 1 N–H and O–H groups in total. The van der Waals surface area contributed by atoms with Crippen molar-refractivity contribution in [1.82, 2.24) is 14.8 Å². The Labute approximate surface area is 206 Å². The van der Waals surface area contributed by atoms with Gasteiger partial charge in [-0.2, -0.15) is 10.4 Å². The third kappa shape index (κ3) is 4.96. The fourth-order valence-corrected chi connectivity index (χ4v) is 3.96. The summed E-state index contributed by atoms with van der Waals surface area (Å²) in [6.45, 7) is 1.22. The highest BCUT2D eigenvalue weighted by molar-refractivity contribution is 6.37. The molecule has 4 aromatic rings. The Bertz CT molecular complexity index is 1350. The minimum Gasteiger partial charge on any atom is -0.495 e. The second kappa shape index (κ2) is 10.5. The van der Waals surface area contributed by atoms with Crippen LogP contribution in [0, 0.1) is 11.3 Å². The molecule has 0 radical (unpaired) electrons. The molecule has 0 aliphatic rings. The standard InChI is InChI=1S/C24H21Cl2N5O3/c1-32-21-12-20(17(25)10-18(21)26)30-24-15(13-27)14-28-19-11-23(22(33-2)9-16(19)24)34-8-4-7-31-6-3-5-29-31/h3,5-6,9-12,14H,4,7-8H2,1-2H3,(H,28,30). The van der Waals surface area contributed by atoms with Gasteiger partial charge in [-0.1, -0.05) is 23.2 Å². The molecule has 0 atom stereocenters. The summed E-state index contributed by atoms with van der Waals surface area (Å²) in [6.07, 6.45) is 5.92. The van der Waals surface area contributed by atoms with Crippen molar-refractivity contribution < 1.29 is 14.2 Å². The maximum Gasteiger partial charge on any atom is 0.163 e. The first-order valence-electron chi connectivity index (χ1n) is 10.3. The van der Waals surface area contributed by atoms with Gasteiger partial charge < -0.3 is 19.5 Å². The molecular formula is C24H21Cl2N5O3. The van der Waals surface area contributed by atoms with E-state index in [0.29, 0.717) is 61.7 Å². The molecule has 0 aliphatic heterocycles. The van der Waals surface area contributed by atoms with Crippen LogP contribution in [0.5, 0.6) is 17.2 Å². The number of hydrogen-bond donors (Lipinski definition) is 1. The van der Waals surface area contributed by atoms with Crippen molar-refractivity contribution in [2.24, 2.45) is 0 Å². The molecule has 2 aromatic carbocycles. The number of nitrogens with one attached hydrogen (secondary N) is 1. The van der Waals surface area contributed by atoms with Gasteiger partial charge in [0.1, 0.15) is 11.8 Å². The highest BCUT2D eigenvalue weighted by Gasteiger charge is 2.16. The average Bonchev–Trinajstić information content (AvgIpc) is 3.36. The summed E-state index contributed by atoms with van der Waals surface area (Å²) in [5.41, 5.74) is 2.03. The number of methoxy groups -OCH3 is 2. The van der Waals surface area contributed by atoms with Crippen LogP contribution < -0.4 is 19.5 Å². The number of fused-ring (bicyclic) bond motifs is 1. The molecule has 0 aliphatic carbocycles. The largest absolute Gasteiger partial charge is 0.495 e. The zero-order valence-corrected chi connectivity index (χ0v) is 20.0. The van der Waals surface area contributed by atoms with Gasteiger partial charge in [-0.25, -0.2) is 0 Å². The molecule has 0 saturated heterocycles. The van der Waals surface area contributed by atoms with Crippen molar-refractivity contribution in [3.8, 4) is 23.3 Å². The van der Waals surface area contributed by atoms with Crippen LogP contribution in [0.3, 0.4) is 0 Å². The number of pyridine rings is 1. The summed E-state index contributed by atoms with van der Waals surface area (Å²) >= 11 is 12.6. The lowest BCUT2D eigenvalue weighted by molar-refractivity contribution is 0.281. The van der Waals surface area contributed by atoms with Gasteiger partial charge >= 0.3 is 0 Å². The van der Waals surface area contributed by atoms with E-state index in [0.717, 1.165) is 13.0 Å². The molecule has 174 valence electrons. The van der Waals surface area contributed by atoms with Gasteiger partial charge in [-0.3, -0.25) is 9.67 Å². The number of aromatic nitrogens is 3. The molecule has 4 rings (SSSR count). The minimum absolute atomic E-state index is 0.340. The van der Waals surface area contributed by atoms with E-state index in [4.69, 9.17) is 37.4 Å². The molecule has 0 fully saturated rings. The van der Waals surface area contributed by atoms with Gasteiger partial charge in [0, 0.05) is 49.1 Å². The van der Waals surface area contributed by atoms with E-state index < -0.39 is 0 Å². The Balaban J connectivity index is 1.66. The first-order chi connectivity index (χ1) is 16.5. The van der Waals surface area contributed by atoms with E-state index >= 15 is 0 Å². The number of nitrogens with zero attached hydrogens (tertiary/aromatic N) is 4. The van der Waals surface area contributed by atoms with Crippen LogP contribution in [-0.2, 0) is 6.54 Å². The van der Waals surface area contributed by atoms with Crippen LogP contribution in [0.4, 0.5) is 11.4 Å². The first-order valence-corrected chi connectivity index (χ1v) is 11.1. The predicted octanol–water partition coefficient (Wildman–Crippen LogP) is 5.84. The van der Waals surface area contributed by atoms with Crippen LogP contribution in [0.1, 0.15) is 12.0 Å². The van der Waals surface area contributed by atoms with Crippen LogP contribution >= 0.6 is 23.2 Å². The Morgan fingerprint density at radius 1 is 1.06 bits per heavy atom. The fraction of sp³-hybridized carbons (Fsp3) is 0.208. The van der Waals surface area contributed by atoms with E-state index in [1.807, 2.05) is 16.9 Å². The molecular weight excluding hydrogens is 477 g/mol. The van der Waals surface area contributed by atoms with Crippen LogP contribution in [0.25, 0.3) is 10.9 Å². The summed E-state index contributed by atoms with van der Waals surface area (Å²) < 4.78 is 18.7. The molecule has 0 amide bonds. The lowest BCUT2D eigenvalue weighted by atomic mass is 10.1. The SMILES string of the molecule is COc1cc(Nc2c(C#N)cnc3cc(OCCCn4cccn4)c(OC)cc23)c(Cl)cc1Cl. The topological polar surface area (TPSA) is 94.2 Å². The van der Waals surface area contributed by atoms with Crippen molar-refractivity contribution in [2.75, 3.05) is 26.1 Å². The highest BCUT2D eigenvalue weighted by atomic mass is 35.5.